The van der Waals surface area contributed by atoms with E-state index in [0.29, 0.717) is 27.8 Å². The average molecular weight is 438 g/mol. The fourth-order valence-corrected chi connectivity index (χ4v) is 3.91. The Kier molecular flexibility index (Phi) is 7.72. The fourth-order valence-electron chi connectivity index (χ4n) is 3.40. The number of rotatable bonds is 8. The largest absolute Gasteiger partial charge is 0.489 e. The summed E-state index contributed by atoms with van der Waals surface area (Å²) >= 11 is 12.4. The molecule has 0 N–H and O–H groups in total. The smallest absolute Gasteiger partial charge is 0.269 e. The van der Waals surface area contributed by atoms with Gasteiger partial charge in [-0.3, -0.25) is 10.1 Å². The van der Waals surface area contributed by atoms with E-state index >= 15 is 0 Å². The standard InChI is InChI=1S/C21H25Cl2N3O3/c1-24-10-12-25(13-11-24)9-3-4-16-14-17(26(27)28)7-8-21(16)29-15-18-19(22)5-2-6-20(18)23/h2,5-8,14H,3-4,9-13,15H2,1H3. The van der Waals surface area contributed by atoms with E-state index < -0.39 is 0 Å². The van der Waals surface area contributed by atoms with E-state index in [0.717, 1.165) is 44.7 Å². The molecule has 1 heterocycles. The highest BCUT2D eigenvalue weighted by Crippen LogP contribution is 2.29. The Morgan fingerprint density at radius 3 is 2.45 bits per heavy atom. The number of ether oxygens (including phenoxy) is 1. The lowest BCUT2D eigenvalue weighted by atomic mass is 10.1. The second-order valence-corrected chi connectivity index (χ2v) is 8.10. The zero-order valence-electron chi connectivity index (χ0n) is 16.4. The van der Waals surface area contributed by atoms with Crippen LogP contribution in [0.5, 0.6) is 5.75 Å². The third-order valence-corrected chi connectivity index (χ3v) is 5.91. The van der Waals surface area contributed by atoms with Gasteiger partial charge in [0.1, 0.15) is 12.4 Å². The van der Waals surface area contributed by atoms with E-state index in [-0.39, 0.29) is 17.2 Å². The van der Waals surface area contributed by atoms with Crippen LogP contribution in [0, 0.1) is 10.1 Å². The summed E-state index contributed by atoms with van der Waals surface area (Å²) in [5, 5.41) is 12.3. The minimum Gasteiger partial charge on any atom is -0.489 e. The third kappa shape index (κ3) is 6.06. The van der Waals surface area contributed by atoms with Gasteiger partial charge in [-0.15, -0.1) is 0 Å². The predicted molar refractivity (Wildman–Crippen MR) is 116 cm³/mol. The van der Waals surface area contributed by atoms with E-state index in [1.165, 1.54) is 6.07 Å². The molecule has 0 bridgehead atoms. The molecule has 156 valence electrons. The molecule has 2 aromatic rings. The molecule has 29 heavy (non-hydrogen) atoms. The van der Waals surface area contributed by atoms with Gasteiger partial charge in [-0.25, -0.2) is 0 Å². The zero-order valence-corrected chi connectivity index (χ0v) is 18.0. The Labute approximate surface area is 181 Å². The maximum Gasteiger partial charge on any atom is 0.269 e. The molecule has 1 saturated heterocycles. The lowest BCUT2D eigenvalue weighted by molar-refractivity contribution is -0.384. The Bertz CT molecular complexity index is 835. The molecular formula is C21H25Cl2N3O3. The summed E-state index contributed by atoms with van der Waals surface area (Å²) in [5.41, 5.74) is 1.61. The second kappa shape index (κ2) is 10.3. The van der Waals surface area contributed by atoms with E-state index in [1.807, 2.05) is 0 Å². The summed E-state index contributed by atoms with van der Waals surface area (Å²) < 4.78 is 5.96. The van der Waals surface area contributed by atoms with Gasteiger partial charge in [0, 0.05) is 59.5 Å². The van der Waals surface area contributed by atoms with Crippen LogP contribution in [-0.2, 0) is 13.0 Å². The number of aryl methyl sites for hydroxylation is 1. The van der Waals surface area contributed by atoms with Crippen molar-refractivity contribution in [2.75, 3.05) is 39.8 Å². The van der Waals surface area contributed by atoms with Crippen LogP contribution < -0.4 is 4.74 Å². The number of nitro benzene ring substituents is 1. The van der Waals surface area contributed by atoms with Gasteiger partial charge in [-0.05, 0) is 44.6 Å². The van der Waals surface area contributed by atoms with Crippen molar-refractivity contribution < 1.29 is 9.66 Å². The minimum absolute atomic E-state index is 0.0720. The van der Waals surface area contributed by atoms with Gasteiger partial charge in [0.25, 0.3) is 5.69 Å². The van der Waals surface area contributed by atoms with E-state index in [4.69, 9.17) is 27.9 Å². The van der Waals surface area contributed by atoms with Gasteiger partial charge in [0.05, 0.1) is 4.92 Å². The van der Waals surface area contributed by atoms with Gasteiger partial charge in [0.15, 0.2) is 0 Å². The normalized spacial score (nSPS) is 15.4. The SMILES string of the molecule is CN1CCN(CCCc2cc([N+](=O)[O-])ccc2OCc2c(Cl)cccc2Cl)CC1. The van der Waals surface area contributed by atoms with Crippen LogP contribution in [0.4, 0.5) is 5.69 Å². The Balaban J connectivity index is 1.67. The maximum absolute atomic E-state index is 11.2. The first-order valence-electron chi connectivity index (χ1n) is 9.68. The third-order valence-electron chi connectivity index (χ3n) is 5.20. The first-order valence-corrected chi connectivity index (χ1v) is 10.4. The highest BCUT2D eigenvalue weighted by atomic mass is 35.5. The van der Waals surface area contributed by atoms with Crippen molar-refractivity contribution in [3.05, 3.63) is 67.7 Å². The summed E-state index contributed by atoms with van der Waals surface area (Å²) in [6, 6.07) is 10.0. The molecule has 2 aromatic carbocycles. The van der Waals surface area contributed by atoms with Crippen molar-refractivity contribution in [2.45, 2.75) is 19.4 Å². The first kappa shape index (κ1) is 21.8. The Hall–Kier alpha value is -1.86. The topological polar surface area (TPSA) is 58.9 Å². The number of likely N-dealkylation sites (N-methyl/N-ethyl adjacent to an activating group) is 1. The summed E-state index contributed by atoms with van der Waals surface area (Å²) in [6.45, 7) is 5.43. The van der Waals surface area contributed by atoms with Gasteiger partial charge in [-0.2, -0.15) is 0 Å². The average Bonchev–Trinajstić information content (AvgIpc) is 2.69. The molecule has 0 amide bonds. The number of piperazine rings is 1. The maximum atomic E-state index is 11.2. The zero-order chi connectivity index (χ0) is 20.8. The van der Waals surface area contributed by atoms with Gasteiger partial charge in [-0.1, -0.05) is 29.3 Å². The van der Waals surface area contributed by atoms with Crippen molar-refractivity contribution >= 4 is 28.9 Å². The van der Waals surface area contributed by atoms with Crippen LogP contribution >= 0.6 is 23.2 Å². The van der Waals surface area contributed by atoms with Gasteiger partial charge in [0.2, 0.25) is 0 Å². The quantitative estimate of drug-likeness (QED) is 0.443. The van der Waals surface area contributed by atoms with E-state index in [9.17, 15) is 10.1 Å². The number of halogens is 2. The van der Waals surface area contributed by atoms with Crippen molar-refractivity contribution in [3.63, 3.8) is 0 Å². The molecule has 1 aliphatic heterocycles. The molecule has 8 heteroatoms. The lowest BCUT2D eigenvalue weighted by Gasteiger charge is -2.32. The van der Waals surface area contributed by atoms with Gasteiger partial charge >= 0.3 is 0 Å². The summed E-state index contributed by atoms with van der Waals surface area (Å²) in [7, 11) is 2.13. The molecular weight excluding hydrogens is 413 g/mol. The van der Waals surface area contributed by atoms with E-state index in [2.05, 4.69) is 16.8 Å². The van der Waals surface area contributed by atoms with Crippen LogP contribution in [0.2, 0.25) is 10.0 Å². The molecule has 0 radical (unpaired) electrons. The number of nitro groups is 1. The number of nitrogens with zero attached hydrogens (tertiary/aromatic N) is 3. The molecule has 6 nitrogen and oxygen atoms in total. The minimum atomic E-state index is -0.376. The van der Waals surface area contributed by atoms with Crippen molar-refractivity contribution in [3.8, 4) is 5.75 Å². The molecule has 0 atom stereocenters. The van der Waals surface area contributed by atoms with Gasteiger partial charge < -0.3 is 14.5 Å². The van der Waals surface area contributed by atoms with Crippen molar-refractivity contribution in [1.82, 2.24) is 9.80 Å². The molecule has 0 spiro atoms. The number of hydrogen-bond donors (Lipinski definition) is 0. The van der Waals surface area contributed by atoms with E-state index in [1.54, 1.807) is 30.3 Å². The molecule has 3 rings (SSSR count). The van der Waals surface area contributed by atoms with Crippen LogP contribution in [-0.4, -0.2) is 54.5 Å². The summed E-state index contributed by atoms with van der Waals surface area (Å²) in [5.74, 6) is 0.630. The molecule has 0 unspecified atom stereocenters. The molecule has 0 aromatic heterocycles. The molecule has 0 aliphatic carbocycles. The lowest BCUT2D eigenvalue weighted by Crippen LogP contribution is -2.44. The van der Waals surface area contributed by atoms with Crippen molar-refractivity contribution in [2.24, 2.45) is 0 Å². The predicted octanol–water partition coefficient (Wildman–Crippen LogP) is 4.66. The number of benzene rings is 2. The highest BCUT2D eigenvalue weighted by Gasteiger charge is 2.16. The fraction of sp³-hybridized carbons (Fsp3) is 0.429. The Morgan fingerprint density at radius 1 is 1.10 bits per heavy atom. The summed E-state index contributed by atoms with van der Waals surface area (Å²) in [6.07, 6.45) is 1.62. The highest BCUT2D eigenvalue weighted by molar-refractivity contribution is 6.35. The molecule has 0 saturated carbocycles. The van der Waals surface area contributed by atoms with Crippen LogP contribution in [0.15, 0.2) is 36.4 Å². The molecule has 1 aliphatic rings. The van der Waals surface area contributed by atoms with Crippen LogP contribution in [0.3, 0.4) is 0 Å². The first-order chi connectivity index (χ1) is 13.9. The monoisotopic (exact) mass is 437 g/mol. The number of hydrogen-bond acceptors (Lipinski definition) is 5. The Morgan fingerprint density at radius 2 is 1.79 bits per heavy atom. The molecule has 1 fully saturated rings. The van der Waals surface area contributed by atoms with Crippen LogP contribution in [0.1, 0.15) is 17.5 Å². The van der Waals surface area contributed by atoms with Crippen molar-refractivity contribution in [1.29, 1.82) is 0 Å². The summed E-state index contributed by atoms with van der Waals surface area (Å²) in [4.78, 5) is 15.6. The number of non-ortho nitro benzene ring substituents is 1. The van der Waals surface area contributed by atoms with Crippen LogP contribution in [0.25, 0.3) is 0 Å². The second-order valence-electron chi connectivity index (χ2n) is 7.29.